The van der Waals surface area contributed by atoms with E-state index in [1.165, 1.54) is 0 Å². The van der Waals surface area contributed by atoms with Gasteiger partial charge in [0.15, 0.2) is 0 Å². The second-order valence-corrected chi connectivity index (χ2v) is 7.34. The van der Waals surface area contributed by atoms with Crippen LogP contribution in [0, 0.1) is 6.92 Å². The number of amides is 2. The van der Waals surface area contributed by atoms with Crippen LogP contribution in [0.5, 0.6) is 0 Å². The molecule has 124 valence electrons. The van der Waals surface area contributed by atoms with E-state index in [0.29, 0.717) is 25.3 Å². The zero-order valence-corrected chi connectivity index (χ0v) is 14.1. The molecule has 2 aromatic rings. The second-order valence-electron chi connectivity index (χ2n) is 6.28. The maximum absolute atomic E-state index is 12.6. The highest BCUT2D eigenvalue weighted by Crippen LogP contribution is 2.29. The number of hydrogen-bond donors (Lipinski definition) is 1. The van der Waals surface area contributed by atoms with Crippen molar-refractivity contribution in [3.63, 3.8) is 0 Å². The predicted molar refractivity (Wildman–Crippen MR) is 90.0 cm³/mol. The number of carbonyl (C=O) groups is 2. The first-order valence-corrected chi connectivity index (χ1v) is 8.69. The zero-order chi connectivity index (χ0) is 16.7. The van der Waals surface area contributed by atoms with Gasteiger partial charge < -0.3 is 15.0 Å². The molecule has 2 aliphatic heterocycles. The number of nitrogens with zero attached hydrogens (tertiary/aromatic N) is 2. The highest BCUT2D eigenvalue weighted by Gasteiger charge is 2.48. The standard InChI is InChI=1S/C17H17N3O3S/c1-11-18-14(8-24-11)12-2-4-13(5-3-12)15(21)20-9-17(10-20)6-7-23-16(22)19-17/h2-5,8H,6-7,9-10H2,1H3,(H,19,22). The lowest BCUT2D eigenvalue weighted by Gasteiger charge is -2.51. The number of aryl methyl sites for hydroxylation is 1. The fraction of sp³-hybridized carbons (Fsp3) is 0.353. The van der Waals surface area contributed by atoms with Crippen molar-refractivity contribution in [3.05, 3.63) is 40.2 Å². The minimum atomic E-state index is -0.392. The van der Waals surface area contributed by atoms with E-state index in [9.17, 15) is 9.59 Å². The number of carbonyl (C=O) groups excluding carboxylic acids is 2. The van der Waals surface area contributed by atoms with E-state index < -0.39 is 6.09 Å². The van der Waals surface area contributed by atoms with Crippen LogP contribution >= 0.6 is 11.3 Å². The van der Waals surface area contributed by atoms with Crippen LogP contribution in [0.25, 0.3) is 11.3 Å². The van der Waals surface area contributed by atoms with E-state index in [1.807, 2.05) is 36.6 Å². The summed E-state index contributed by atoms with van der Waals surface area (Å²) in [6, 6.07) is 7.51. The van der Waals surface area contributed by atoms with Gasteiger partial charge in [-0.2, -0.15) is 0 Å². The second kappa shape index (κ2) is 5.59. The van der Waals surface area contributed by atoms with E-state index in [1.54, 1.807) is 16.2 Å². The average molecular weight is 343 g/mol. The molecule has 2 amide bonds. The molecule has 0 bridgehead atoms. The van der Waals surface area contributed by atoms with Gasteiger partial charge in [0.05, 0.1) is 22.8 Å². The molecule has 7 heteroatoms. The summed E-state index contributed by atoms with van der Waals surface area (Å²) in [6.07, 6.45) is 0.348. The molecule has 24 heavy (non-hydrogen) atoms. The Kier molecular flexibility index (Phi) is 3.53. The molecule has 1 spiro atoms. The molecule has 1 N–H and O–H groups in total. The smallest absolute Gasteiger partial charge is 0.407 e. The molecule has 2 saturated heterocycles. The molecule has 1 aromatic carbocycles. The Hall–Kier alpha value is -2.41. The van der Waals surface area contributed by atoms with Crippen LogP contribution < -0.4 is 5.32 Å². The van der Waals surface area contributed by atoms with Crippen molar-refractivity contribution in [2.75, 3.05) is 19.7 Å². The molecule has 0 unspecified atom stereocenters. The Balaban J connectivity index is 1.43. The fourth-order valence-corrected chi connectivity index (χ4v) is 3.80. The minimum absolute atomic E-state index is 0.0117. The zero-order valence-electron chi connectivity index (χ0n) is 13.2. The van der Waals surface area contributed by atoms with Gasteiger partial charge in [0.25, 0.3) is 5.91 Å². The average Bonchev–Trinajstić information content (AvgIpc) is 2.98. The van der Waals surface area contributed by atoms with Crippen molar-refractivity contribution in [3.8, 4) is 11.3 Å². The summed E-state index contributed by atoms with van der Waals surface area (Å²) in [5, 5.41) is 5.87. The Morgan fingerprint density at radius 2 is 2.08 bits per heavy atom. The largest absolute Gasteiger partial charge is 0.449 e. The molecular weight excluding hydrogens is 326 g/mol. The molecule has 2 aliphatic rings. The lowest BCUT2D eigenvalue weighted by molar-refractivity contribution is -0.00110. The summed E-state index contributed by atoms with van der Waals surface area (Å²) in [4.78, 5) is 30.1. The summed E-state index contributed by atoms with van der Waals surface area (Å²) < 4.78 is 4.89. The number of aromatic nitrogens is 1. The number of hydrogen-bond acceptors (Lipinski definition) is 5. The SMILES string of the molecule is Cc1nc(-c2ccc(C(=O)N3CC4(CCOC(=O)N4)C3)cc2)cs1. The number of cyclic esters (lactones) is 1. The first kappa shape index (κ1) is 15.1. The van der Waals surface area contributed by atoms with Gasteiger partial charge in [-0.25, -0.2) is 9.78 Å². The Bertz CT molecular complexity index is 794. The van der Waals surface area contributed by atoms with E-state index in [0.717, 1.165) is 22.7 Å². The van der Waals surface area contributed by atoms with Crippen LogP contribution in [0.3, 0.4) is 0 Å². The number of nitrogens with one attached hydrogen (secondary N) is 1. The number of thiazole rings is 1. The molecular formula is C17H17N3O3S. The van der Waals surface area contributed by atoms with Crippen LogP contribution in [0.15, 0.2) is 29.6 Å². The van der Waals surface area contributed by atoms with Gasteiger partial charge in [-0.3, -0.25) is 4.79 Å². The topological polar surface area (TPSA) is 71.5 Å². The quantitative estimate of drug-likeness (QED) is 0.909. The lowest BCUT2D eigenvalue weighted by atomic mass is 9.85. The van der Waals surface area contributed by atoms with Crippen molar-refractivity contribution in [2.45, 2.75) is 18.9 Å². The van der Waals surface area contributed by atoms with Crippen LogP contribution in [0.2, 0.25) is 0 Å². The number of likely N-dealkylation sites (tertiary alicyclic amines) is 1. The summed E-state index contributed by atoms with van der Waals surface area (Å²) >= 11 is 1.61. The highest BCUT2D eigenvalue weighted by molar-refractivity contribution is 7.09. The molecule has 1 aromatic heterocycles. The van der Waals surface area contributed by atoms with Gasteiger partial charge in [-0.15, -0.1) is 11.3 Å². The first-order chi connectivity index (χ1) is 11.5. The fourth-order valence-electron chi connectivity index (χ4n) is 3.18. The molecule has 0 saturated carbocycles. The van der Waals surface area contributed by atoms with Crippen LogP contribution in [0.1, 0.15) is 21.8 Å². The lowest BCUT2D eigenvalue weighted by Crippen LogP contribution is -2.73. The molecule has 6 nitrogen and oxygen atoms in total. The number of rotatable bonds is 2. The van der Waals surface area contributed by atoms with E-state index >= 15 is 0 Å². The Labute approximate surface area is 143 Å². The highest BCUT2D eigenvalue weighted by atomic mass is 32.1. The molecule has 4 rings (SSSR count). The molecule has 3 heterocycles. The van der Waals surface area contributed by atoms with E-state index in [4.69, 9.17) is 4.74 Å². The van der Waals surface area contributed by atoms with Crippen molar-refractivity contribution in [1.29, 1.82) is 0 Å². The molecule has 0 aliphatic carbocycles. The van der Waals surface area contributed by atoms with Crippen LogP contribution in [-0.2, 0) is 4.74 Å². The normalized spacial score (nSPS) is 18.7. The van der Waals surface area contributed by atoms with Crippen molar-refractivity contribution >= 4 is 23.3 Å². The van der Waals surface area contributed by atoms with Gasteiger partial charge >= 0.3 is 6.09 Å². The van der Waals surface area contributed by atoms with Crippen LogP contribution in [0.4, 0.5) is 4.79 Å². The predicted octanol–water partition coefficient (Wildman–Crippen LogP) is 2.44. The maximum Gasteiger partial charge on any atom is 0.407 e. The molecule has 0 atom stereocenters. The number of ether oxygens (including phenoxy) is 1. The Morgan fingerprint density at radius 3 is 2.71 bits per heavy atom. The molecule has 2 fully saturated rings. The van der Waals surface area contributed by atoms with E-state index in [2.05, 4.69) is 10.3 Å². The summed E-state index contributed by atoms with van der Waals surface area (Å²) in [6.45, 7) is 3.46. The number of alkyl carbamates (subject to hydrolysis) is 1. The maximum atomic E-state index is 12.6. The molecule has 0 radical (unpaired) electrons. The van der Waals surface area contributed by atoms with Crippen molar-refractivity contribution in [1.82, 2.24) is 15.2 Å². The third-order valence-corrected chi connectivity index (χ3v) is 5.28. The van der Waals surface area contributed by atoms with Gasteiger partial charge in [-0.1, -0.05) is 12.1 Å². The number of benzene rings is 1. The minimum Gasteiger partial charge on any atom is -0.449 e. The van der Waals surface area contributed by atoms with Gasteiger partial charge in [0.2, 0.25) is 0 Å². The van der Waals surface area contributed by atoms with E-state index in [-0.39, 0.29) is 11.4 Å². The summed E-state index contributed by atoms with van der Waals surface area (Å²) in [5.41, 5.74) is 2.29. The van der Waals surface area contributed by atoms with Crippen molar-refractivity contribution < 1.29 is 14.3 Å². The summed E-state index contributed by atoms with van der Waals surface area (Å²) in [7, 11) is 0. The van der Waals surface area contributed by atoms with Crippen molar-refractivity contribution in [2.24, 2.45) is 0 Å². The monoisotopic (exact) mass is 343 g/mol. The van der Waals surface area contributed by atoms with Gasteiger partial charge in [0.1, 0.15) is 0 Å². The Morgan fingerprint density at radius 1 is 1.33 bits per heavy atom. The van der Waals surface area contributed by atoms with Gasteiger partial charge in [-0.05, 0) is 19.1 Å². The first-order valence-electron chi connectivity index (χ1n) is 7.81. The third-order valence-electron chi connectivity index (χ3n) is 4.50. The van der Waals surface area contributed by atoms with Crippen LogP contribution in [-0.4, -0.2) is 47.1 Å². The summed E-state index contributed by atoms with van der Waals surface area (Å²) in [5.74, 6) is -0.0117. The van der Waals surface area contributed by atoms with Gasteiger partial charge in [0, 0.05) is 36.0 Å². The third kappa shape index (κ3) is 2.65.